The summed E-state index contributed by atoms with van der Waals surface area (Å²) in [4.78, 5) is 14.5. The van der Waals surface area contributed by atoms with Gasteiger partial charge in [0, 0.05) is 30.5 Å². The number of carbonyl (C=O) groups is 1. The number of nitrogens with one attached hydrogen (secondary N) is 1. The molecule has 0 saturated carbocycles. The number of rotatable bonds is 9. The zero-order valence-corrected chi connectivity index (χ0v) is 17.5. The van der Waals surface area contributed by atoms with Crippen LogP contribution < -0.4 is 15.0 Å². The fourth-order valence-electron chi connectivity index (χ4n) is 3.15. The van der Waals surface area contributed by atoms with Gasteiger partial charge in [-0.05, 0) is 67.4 Å². The van der Waals surface area contributed by atoms with Gasteiger partial charge in [-0.3, -0.25) is 4.79 Å². The lowest BCUT2D eigenvalue weighted by molar-refractivity contribution is -0.111. The molecule has 0 aromatic heterocycles. The number of nitrogens with zero attached hydrogens (tertiary/aromatic N) is 1. The standard InChI is InChI=1S/C26H28N2O2/c1-3-28(4-2)24-16-14-23(15-17-24)27-26(29)18-13-21-11-8-12-25(19-21)30-20-22-9-6-5-7-10-22/h5-19H,3-4,20H2,1-2H3,(H,27,29)/b18-13+. The number of ether oxygens (including phenoxy) is 1. The van der Waals surface area contributed by atoms with Crippen LogP contribution >= 0.6 is 0 Å². The highest BCUT2D eigenvalue weighted by Gasteiger charge is 2.03. The Hall–Kier alpha value is -3.53. The number of benzene rings is 3. The average molecular weight is 401 g/mol. The second kappa shape index (κ2) is 10.9. The largest absolute Gasteiger partial charge is 0.489 e. The Bertz CT molecular complexity index is 962. The molecule has 0 atom stereocenters. The minimum atomic E-state index is -0.166. The van der Waals surface area contributed by atoms with E-state index in [2.05, 4.69) is 24.1 Å². The topological polar surface area (TPSA) is 41.6 Å². The number of hydrogen-bond acceptors (Lipinski definition) is 3. The molecule has 1 amide bonds. The summed E-state index contributed by atoms with van der Waals surface area (Å²) >= 11 is 0. The van der Waals surface area contributed by atoms with Crippen molar-refractivity contribution in [3.63, 3.8) is 0 Å². The molecule has 0 heterocycles. The van der Waals surface area contributed by atoms with Gasteiger partial charge in [0.1, 0.15) is 12.4 Å². The molecular weight excluding hydrogens is 372 g/mol. The minimum absolute atomic E-state index is 0.166. The summed E-state index contributed by atoms with van der Waals surface area (Å²) in [5.74, 6) is 0.606. The average Bonchev–Trinajstić information content (AvgIpc) is 2.79. The molecule has 4 heteroatoms. The maximum atomic E-state index is 12.3. The third kappa shape index (κ3) is 6.24. The predicted molar refractivity (Wildman–Crippen MR) is 125 cm³/mol. The van der Waals surface area contributed by atoms with Crippen molar-refractivity contribution in [3.05, 3.63) is 96.1 Å². The smallest absolute Gasteiger partial charge is 0.248 e. The Morgan fingerprint density at radius 3 is 2.37 bits per heavy atom. The van der Waals surface area contributed by atoms with Crippen LogP contribution in [0.15, 0.2) is 84.9 Å². The molecule has 0 radical (unpaired) electrons. The first-order valence-electron chi connectivity index (χ1n) is 10.3. The first kappa shape index (κ1) is 21.2. The minimum Gasteiger partial charge on any atom is -0.489 e. The van der Waals surface area contributed by atoms with Gasteiger partial charge >= 0.3 is 0 Å². The number of carbonyl (C=O) groups excluding carboxylic acids is 1. The van der Waals surface area contributed by atoms with Crippen molar-refractivity contribution in [2.24, 2.45) is 0 Å². The maximum absolute atomic E-state index is 12.3. The Morgan fingerprint density at radius 2 is 1.67 bits per heavy atom. The molecule has 4 nitrogen and oxygen atoms in total. The van der Waals surface area contributed by atoms with Crippen molar-refractivity contribution >= 4 is 23.4 Å². The van der Waals surface area contributed by atoms with Gasteiger partial charge in [0.2, 0.25) is 5.91 Å². The van der Waals surface area contributed by atoms with E-state index in [4.69, 9.17) is 4.74 Å². The summed E-state index contributed by atoms with van der Waals surface area (Å²) in [5, 5.41) is 2.90. The van der Waals surface area contributed by atoms with E-state index in [0.29, 0.717) is 6.61 Å². The van der Waals surface area contributed by atoms with E-state index in [9.17, 15) is 4.79 Å². The molecule has 0 aliphatic heterocycles. The van der Waals surface area contributed by atoms with E-state index in [0.717, 1.165) is 41.3 Å². The molecule has 0 fully saturated rings. The Labute approximate surface area is 178 Å². The van der Waals surface area contributed by atoms with Crippen LogP contribution in [0.25, 0.3) is 6.08 Å². The summed E-state index contributed by atoms with van der Waals surface area (Å²) in [7, 11) is 0. The molecule has 3 rings (SSSR count). The highest BCUT2D eigenvalue weighted by molar-refractivity contribution is 6.02. The molecule has 1 N–H and O–H groups in total. The lowest BCUT2D eigenvalue weighted by atomic mass is 10.2. The first-order chi connectivity index (χ1) is 14.7. The van der Waals surface area contributed by atoms with Gasteiger partial charge in [-0.2, -0.15) is 0 Å². The van der Waals surface area contributed by atoms with Gasteiger partial charge in [0.15, 0.2) is 0 Å². The third-order valence-corrected chi connectivity index (χ3v) is 4.80. The van der Waals surface area contributed by atoms with Crippen LogP contribution in [-0.4, -0.2) is 19.0 Å². The van der Waals surface area contributed by atoms with Crippen LogP contribution in [0, 0.1) is 0 Å². The highest BCUT2D eigenvalue weighted by Crippen LogP contribution is 2.18. The zero-order valence-electron chi connectivity index (χ0n) is 17.5. The second-order valence-electron chi connectivity index (χ2n) is 6.89. The van der Waals surface area contributed by atoms with Gasteiger partial charge in [-0.15, -0.1) is 0 Å². The number of anilines is 2. The van der Waals surface area contributed by atoms with Crippen molar-refractivity contribution in [1.29, 1.82) is 0 Å². The van der Waals surface area contributed by atoms with Crippen molar-refractivity contribution < 1.29 is 9.53 Å². The molecule has 0 saturated heterocycles. The third-order valence-electron chi connectivity index (χ3n) is 4.80. The Morgan fingerprint density at radius 1 is 0.933 bits per heavy atom. The van der Waals surface area contributed by atoms with E-state index in [1.54, 1.807) is 6.08 Å². The molecule has 0 aliphatic carbocycles. The Balaban J connectivity index is 1.55. The number of hydrogen-bond donors (Lipinski definition) is 1. The zero-order chi connectivity index (χ0) is 21.2. The van der Waals surface area contributed by atoms with E-state index in [1.807, 2.05) is 78.9 Å². The van der Waals surface area contributed by atoms with Crippen molar-refractivity contribution in [2.45, 2.75) is 20.5 Å². The summed E-state index contributed by atoms with van der Waals surface area (Å²) in [6, 6.07) is 25.6. The lowest BCUT2D eigenvalue weighted by Gasteiger charge is -2.21. The molecule has 0 unspecified atom stereocenters. The Kier molecular flexibility index (Phi) is 7.67. The van der Waals surface area contributed by atoms with Crippen LogP contribution in [0.2, 0.25) is 0 Å². The van der Waals surface area contributed by atoms with Crippen LogP contribution in [0.3, 0.4) is 0 Å². The SMILES string of the molecule is CCN(CC)c1ccc(NC(=O)/C=C/c2cccc(OCc3ccccc3)c2)cc1. The van der Waals surface area contributed by atoms with Crippen LogP contribution in [0.5, 0.6) is 5.75 Å². The monoisotopic (exact) mass is 400 g/mol. The van der Waals surface area contributed by atoms with Crippen LogP contribution in [-0.2, 0) is 11.4 Å². The summed E-state index contributed by atoms with van der Waals surface area (Å²) in [5.41, 5.74) is 3.96. The van der Waals surface area contributed by atoms with Gasteiger partial charge in [0.05, 0.1) is 0 Å². The van der Waals surface area contributed by atoms with Gasteiger partial charge in [-0.1, -0.05) is 42.5 Å². The molecule has 154 valence electrons. The van der Waals surface area contributed by atoms with Gasteiger partial charge in [-0.25, -0.2) is 0 Å². The first-order valence-corrected chi connectivity index (χ1v) is 10.3. The fourth-order valence-corrected chi connectivity index (χ4v) is 3.15. The molecule has 3 aromatic rings. The second-order valence-corrected chi connectivity index (χ2v) is 6.89. The van der Waals surface area contributed by atoms with E-state index in [1.165, 1.54) is 6.08 Å². The van der Waals surface area contributed by atoms with E-state index in [-0.39, 0.29) is 5.91 Å². The summed E-state index contributed by atoms with van der Waals surface area (Å²) < 4.78 is 5.85. The number of amides is 1. The van der Waals surface area contributed by atoms with Gasteiger partial charge < -0.3 is 15.0 Å². The summed E-state index contributed by atoms with van der Waals surface area (Å²) in [6.45, 7) is 6.69. The van der Waals surface area contributed by atoms with Crippen molar-refractivity contribution in [1.82, 2.24) is 0 Å². The molecular formula is C26H28N2O2. The summed E-state index contributed by atoms with van der Waals surface area (Å²) in [6.07, 6.45) is 3.32. The van der Waals surface area contributed by atoms with Crippen molar-refractivity contribution in [2.75, 3.05) is 23.3 Å². The van der Waals surface area contributed by atoms with E-state index >= 15 is 0 Å². The van der Waals surface area contributed by atoms with Gasteiger partial charge in [0.25, 0.3) is 0 Å². The quantitative estimate of drug-likeness (QED) is 0.464. The van der Waals surface area contributed by atoms with Crippen molar-refractivity contribution in [3.8, 4) is 5.75 Å². The predicted octanol–water partition coefficient (Wildman–Crippen LogP) is 5.76. The molecule has 0 bridgehead atoms. The molecule has 30 heavy (non-hydrogen) atoms. The lowest BCUT2D eigenvalue weighted by Crippen LogP contribution is -2.21. The maximum Gasteiger partial charge on any atom is 0.248 e. The fraction of sp³-hybridized carbons (Fsp3) is 0.192. The molecule has 0 spiro atoms. The van der Waals surface area contributed by atoms with Crippen LogP contribution in [0.1, 0.15) is 25.0 Å². The normalized spacial score (nSPS) is 10.7. The molecule has 3 aromatic carbocycles. The van der Waals surface area contributed by atoms with Crippen LogP contribution in [0.4, 0.5) is 11.4 Å². The molecule has 0 aliphatic rings. The highest BCUT2D eigenvalue weighted by atomic mass is 16.5. The van der Waals surface area contributed by atoms with E-state index < -0.39 is 0 Å².